The Kier molecular flexibility index (Phi) is 7.18. The Labute approximate surface area is 188 Å². The van der Waals surface area contributed by atoms with E-state index < -0.39 is 0 Å². The molecular formula is C21H24N4O4S2. The number of ether oxygens (including phenoxy) is 1. The first-order chi connectivity index (χ1) is 15.1. The third-order valence-corrected chi connectivity index (χ3v) is 6.95. The first-order valence-corrected chi connectivity index (χ1v) is 12.2. The molecule has 2 aromatic heterocycles. The molecule has 0 unspecified atom stereocenters. The van der Waals surface area contributed by atoms with Crippen molar-refractivity contribution in [2.75, 3.05) is 25.4 Å². The van der Waals surface area contributed by atoms with Crippen molar-refractivity contribution < 1.29 is 18.7 Å². The number of aryl methyl sites for hydroxylation is 2. The van der Waals surface area contributed by atoms with Gasteiger partial charge in [-0.05, 0) is 31.9 Å². The van der Waals surface area contributed by atoms with Gasteiger partial charge in [-0.2, -0.15) is 0 Å². The number of amides is 1. The molecule has 0 radical (unpaired) electrons. The van der Waals surface area contributed by atoms with Crippen LogP contribution >= 0.6 is 23.1 Å². The van der Waals surface area contributed by atoms with Crippen LogP contribution in [-0.4, -0.2) is 57.4 Å². The van der Waals surface area contributed by atoms with Gasteiger partial charge in [0.05, 0.1) is 33.5 Å². The highest BCUT2D eigenvalue weighted by Crippen LogP contribution is 2.24. The lowest BCUT2D eigenvalue weighted by Crippen LogP contribution is -2.43. The number of nitrogens with zero attached hydrogens (tertiary/aromatic N) is 4. The van der Waals surface area contributed by atoms with E-state index in [2.05, 4.69) is 21.2 Å². The highest BCUT2D eigenvalue weighted by Gasteiger charge is 2.29. The summed E-state index contributed by atoms with van der Waals surface area (Å²) in [5.41, 5.74) is 1.01. The summed E-state index contributed by atoms with van der Waals surface area (Å²) < 4.78 is 11.9. The van der Waals surface area contributed by atoms with Gasteiger partial charge in [0, 0.05) is 25.9 Å². The van der Waals surface area contributed by atoms with Gasteiger partial charge in [0.2, 0.25) is 11.8 Å². The Morgan fingerprint density at radius 3 is 3.00 bits per heavy atom. The molecule has 1 atom stereocenters. The Morgan fingerprint density at radius 1 is 1.29 bits per heavy atom. The molecule has 1 aromatic carbocycles. The summed E-state index contributed by atoms with van der Waals surface area (Å²) in [6.45, 7) is 3.22. The summed E-state index contributed by atoms with van der Waals surface area (Å²) in [7, 11) is 0. The highest BCUT2D eigenvalue weighted by atomic mass is 32.2. The molecule has 10 heteroatoms. The molecule has 0 spiro atoms. The van der Waals surface area contributed by atoms with E-state index in [0.717, 1.165) is 29.8 Å². The molecule has 0 aliphatic carbocycles. The number of hydrogen-bond acceptors (Lipinski definition) is 9. The molecule has 8 nitrogen and oxygen atoms in total. The second-order valence-corrected chi connectivity index (χ2v) is 9.30. The molecule has 4 rings (SSSR count). The number of esters is 1. The van der Waals surface area contributed by atoms with Crippen LogP contribution in [0.25, 0.3) is 10.2 Å². The summed E-state index contributed by atoms with van der Waals surface area (Å²) in [6.07, 6.45) is 2.90. The van der Waals surface area contributed by atoms with E-state index in [1.54, 1.807) is 23.2 Å². The number of para-hydroxylation sites is 1. The quantitative estimate of drug-likeness (QED) is 0.373. The SMILES string of the molecule is CCOC(=O)[C@@H]1CCCN(C(=O)CSc2nnc(CCc3nc4ccccc4s3)o2)C1. The minimum atomic E-state index is -0.236. The van der Waals surface area contributed by atoms with Gasteiger partial charge in [0.1, 0.15) is 0 Å². The fourth-order valence-corrected chi connectivity index (χ4v) is 5.16. The van der Waals surface area contributed by atoms with Crippen LogP contribution in [0, 0.1) is 5.92 Å². The number of aromatic nitrogens is 3. The highest BCUT2D eigenvalue weighted by molar-refractivity contribution is 7.99. The Morgan fingerprint density at radius 2 is 2.16 bits per heavy atom. The number of rotatable bonds is 8. The molecule has 164 valence electrons. The number of piperidine rings is 1. The van der Waals surface area contributed by atoms with Crippen molar-refractivity contribution in [2.45, 2.75) is 37.8 Å². The van der Waals surface area contributed by atoms with E-state index in [1.807, 2.05) is 18.2 Å². The van der Waals surface area contributed by atoms with E-state index in [9.17, 15) is 9.59 Å². The van der Waals surface area contributed by atoms with Crippen LogP contribution in [-0.2, 0) is 27.2 Å². The third-order valence-electron chi connectivity index (χ3n) is 5.05. The van der Waals surface area contributed by atoms with Gasteiger partial charge in [-0.1, -0.05) is 23.9 Å². The lowest BCUT2D eigenvalue weighted by Gasteiger charge is -2.31. The fraction of sp³-hybridized carbons (Fsp3) is 0.476. The molecule has 1 fully saturated rings. The van der Waals surface area contributed by atoms with E-state index >= 15 is 0 Å². The van der Waals surface area contributed by atoms with Gasteiger partial charge in [-0.15, -0.1) is 21.5 Å². The molecule has 1 aliphatic heterocycles. The third kappa shape index (κ3) is 5.62. The predicted molar refractivity (Wildman–Crippen MR) is 118 cm³/mol. The number of thioether (sulfide) groups is 1. The Bertz CT molecular complexity index is 1020. The van der Waals surface area contributed by atoms with Gasteiger partial charge in [-0.3, -0.25) is 9.59 Å². The van der Waals surface area contributed by atoms with Crippen LogP contribution in [0.3, 0.4) is 0 Å². The zero-order valence-corrected chi connectivity index (χ0v) is 18.9. The molecule has 0 N–H and O–H groups in total. The summed E-state index contributed by atoms with van der Waals surface area (Å²) in [4.78, 5) is 30.9. The maximum Gasteiger partial charge on any atom is 0.310 e. The average molecular weight is 461 g/mol. The first-order valence-electron chi connectivity index (χ1n) is 10.4. The van der Waals surface area contributed by atoms with Crippen molar-refractivity contribution in [1.29, 1.82) is 0 Å². The van der Waals surface area contributed by atoms with Gasteiger partial charge in [0.25, 0.3) is 5.22 Å². The molecule has 1 amide bonds. The number of carbonyl (C=O) groups is 2. The number of likely N-dealkylation sites (tertiary alicyclic amines) is 1. The van der Waals surface area contributed by atoms with Crippen LogP contribution in [0.1, 0.15) is 30.7 Å². The maximum atomic E-state index is 12.6. The minimum absolute atomic E-state index is 0.0341. The smallest absolute Gasteiger partial charge is 0.310 e. The lowest BCUT2D eigenvalue weighted by molar-refractivity contribution is -0.151. The van der Waals surface area contributed by atoms with Crippen LogP contribution in [0.15, 0.2) is 33.9 Å². The summed E-state index contributed by atoms with van der Waals surface area (Å²) in [6, 6.07) is 8.06. The summed E-state index contributed by atoms with van der Waals surface area (Å²) in [5.74, 6) is 0.250. The zero-order valence-electron chi connectivity index (χ0n) is 17.3. The van der Waals surface area contributed by atoms with Crippen molar-refractivity contribution in [2.24, 2.45) is 5.92 Å². The normalized spacial score (nSPS) is 16.5. The predicted octanol–water partition coefficient (Wildman–Crippen LogP) is 3.36. The summed E-state index contributed by atoms with van der Waals surface area (Å²) >= 11 is 2.90. The van der Waals surface area contributed by atoms with E-state index in [4.69, 9.17) is 9.15 Å². The monoisotopic (exact) mass is 460 g/mol. The van der Waals surface area contributed by atoms with Crippen molar-refractivity contribution in [3.05, 3.63) is 35.2 Å². The van der Waals surface area contributed by atoms with Gasteiger partial charge in [-0.25, -0.2) is 4.98 Å². The number of thiazole rings is 1. The van der Waals surface area contributed by atoms with E-state index in [1.165, 1.54) is 16.5 Å². The second-order valence-electron chi connectivity index (χ2n) is 7.26. The van der Waals surface area contributed by atoms with Crippen LogP contribution < -0.4 is 0 Å². The molecule has 3 aromatic rings. The zero-order chi connectivity index (χ0) is 21.6. The molecule has 3 heterocycles. The number of fused-ring (bicyclic) bond motifs is 1. The number of benzene rings is 1. The van der Waals surface area contributed by atoms with E-state index in [0.29, 0.717) is 37.2 Å². The average Bonchev–Trinajstić information content (AvgIpc) is 3.42. The lowest BCUT2D eigenvalue weighted by atomic mass is 9.98. The fourth-order valence-electron chi connectivity index (χ4n) is 3.51. The van der Waals surface area contributed by atoms with Crippen molar-refractivity contribution in [3.8, 4) is 0 Å². The number of hydrogen-bond donors (Lipinski definition) is 0. The maximum absolute atomic E-state index is 12.6. The molecule has 0 saturated carbocycles. The van der Waals surface area contributed by atoms with Gasteiger partial charge in [0.15, 0.2) is 0 Å². The molecule has 1 saturated heterocycles. The van der Waals surface area contributed by atoms with Crippen molar-refractivity contribution >= 4 is 45.2 Å². The first kappa shape index (κ1) is 21.8. The second kappa shape index (κ2) is 10.2. The van der Waals surface area contributed by atoms with Crippen LogP contribution in [0.5, 0.6) is 0 Å². The molecule has 31 heavy (non-hydrogen) atoms. The van der Waals surface area contributed by atoms with E-state index in [-0.39, 0.29) is 23.5 Å². The largest absolute Gasteiger partial charge is 0.466 e. The van der Waals surface area contributed by atoms with Gasteiger partial charge < -0.3 is 14.1 Å². The van der Waals surface area contributed by atoms with Crippen LogP contribution in [0.2, 0.25) is 0 Å². The van der Waals surface area contributed by atoms with Crippen LogP contribution in [0.4, 0.5) is 0 Å². The summed E-state index contributed by atoms with van der Waals surface area (Å²) in [5, 5.41) is 9.54. The van der Waals surface area contributed by atoms with Crippen molar-refractivity contribution in [1.82, 2.24) is 20.1 Å². The molecule has 0 bridgehead atoms. The minimum Gasteiger partial charge on any atom is -0.466 e. The number of carbonyl (C=O) groups excluding carboxylic acids is 2. The Balaban J connectivity index is 1.25. The Hall–Kier alpha value is -2.46. The molecule has 1 aliphatic rings. The standard InChI is InChI=1S/C21H24N4O4S2/c1-2-28-20(27)14-6-5-11-25(12-14)19(26)13-30-21-24-23-17(29-21)9-10-18-22-15-7-3-4-8-16(15)31-18/h3-4,7-8,14H,2,5-6,9-13H2,1H3/t14-/m1/s1. The van der Waals surface area contributed by atoms with Gasteiger partial charge >= 0.3 is 5.97 Å². The topological polar surface area (TPSA) is 98.4 Å². The van der Waals surface area contributed by atoms with Crippen molar-refractivity contribution in [3.63, 3.8) is 0 Å². The molecular weight excluding hydrogens is 436 g/mol.